The summed E-state index contributed by atoms with van der Waals surface area (Å²) in [5, 5.41) is 2.80. The topological polar surface area (TPSA) is 120 Å². The number of pyridine rings is 1. The Hall–Kier alpha value is -3.92. The van der Waals surface area contributed by atoms with Crippen LogP contribution in [-0.4, -0.2) is 20.7 Å². The number of aryl methyl sites for hydroxylation is 2. The average molecular weight is 483 g/mol. The van der Waals surface area contributed by atoms with E-state index in [-0.39, 0.29) is 17.3 Å². The number of rotatable bonds is 11. The van der Waals surface area contributed by atoms with Crippen molar-refractivity contribution in [1.82, 2.24) is 5.43 Å². The zero-order valence-corrected chi connectivity index (χ0v) is 19.9. The average Bonchev–Trinajstić information content (AvgIpc) is 2.83. The van der Waals surface area contributed by atoms with Gasteiger partial charge in [0.1, 0.15) is 0 Å². The monoisotopic (exact) mass is 482 g/mol. The molecule has 0 unspecified atom stereocenters. The zero-order chi connectivity index (χ0) is 24.6. The normalized spacial score (nSPS) is 10.9. The van der Waals surface area contributed by atoms with E-state index in [2.05, 4.69) is 40.8 Å². The lowest BCUT2D eigenvalue weighted by molar-refractivity contribution is -0.684. The van der Waals surface area contributed by atoms with Gasteiger partial charge in [0.15, 0.2) is 12.4 Å². The van der Waals surface area contributed by atoms with Gasteiger partial charge in [0.2, 0.25) is 13.0 Å². The molecule has 34 heavy (non-hydrogen) atoms. The molecule has 0 saturated carbocycles. The highest BCUT2D eigenvalue weighted by molar-refractivity contribution is 7.92. The lowest BCUT2D eigenvalue weighted by Gasteiger charge is -2.10. The summed E-state index contributed by atoms with van der Waals surface area (Å²) in [5.74, 6) is -0.202. The molecule has 0 aliphatic carbocycles. The van der Waals surface area contributed by atoms with E-state index in [9.17, 15) is 18.0 Å². The number of aromatic nitrogens is 1. The molecule has 0 saturated heterocycles. The molecule has 1 heterocycles. The Morgan fingerprint density at radius 3 is 2.00 bits per heavy atom. The van der Waals surface area contributed by atoms with E-state index in [1.165, 1.54) is 12.1 Å². The number of amides is 2. The third kappa shape index (κ3) is 6.79. The highest BCUT2D eigenvalue weighted by Gasteiger charge is 2.16. The second-order valence-electron chi connectivity index (χ2n) is 7.57. The van der Waals surface area contributed by atoms with Crippen molar-refractivity contribution in [3.63, 3.8) is 0 Å². The molecule has 9 nitrogen and oxygen atoms in total. The number of anilines is 3. The van der Waals surface area contributed by atoms with Crippen molar-refractivity contribution in [2.24, 2.45) is 0 Å². The summed E-state index contributed by atoms with van der Waals surface area (Å²) < 4.78 is 29.7. The molecule has 1 aromatic heterocycles. The van der Waals surface area contributed by atoms with Crippen molar-refractivity contribution in [2.45, 2.75) is 38.1 Å². The third-order valence-corrected chi connectivity index (χ3v) is 6.43. The van der Waals surface area contributed by atoms with Crippen molar-refractivity contribution < 1.29 is 22.6 Å². The minimum Gasteiger partial charge on any atom is -0.321 e. The fraction of sp³-hybridized carbons (Fsp3) is 0.208. The summed E-state index contributed by atoms with van der Waals surface area (Å²) in [6, 6.07) is 14.5. The molecule has 0 fully saturated rings. The maximum atomic E-state index is 12.7. The predicted molar refractivity (Wildman–Crippen MR) is 131 cm³/mol. The molecule has 2 aromatic carbocycles. The minimum atomic E-state index is -3.81. The van der Waals surface area contributed by atoms with Crippen LogP contribution in [0.25, 0.3) is 0 Å². The Morgan fingerprint density at radius 1 is 0.882 bits per heavy atom. The van der Waals surface area contributed by atoms with Gasteiger partial charge in [-0.1, -0.05) is 13.8 Å². The Balaban J connectivity index is 1.62. The van der Waals surface area contributed by atoms with Crippen LogP contribution >= 0.6 is 0 Å². The Morgan fingerprint density at radius 2 is 1.44 bits per heavy atom. The minimum absolute atomic E-state index is 0.0629. The number of sulfonamides is 1. The Bertz CT molecular complexity index is 1220. The van der Waals surface area contributed by atoms with E-state index in [1.54, 1.807) is 36.4 Å². The van der Waals surface area contributed by atoms with Crippen LogP contribution in [0.2, 0.25) is 0 Å². The largest absolute Gasteiger partial charge is 0.321 e. The van der Waals surface area contributed by atoms with Crippen LogP contribution in [0.3, 0.4) is 0 Å². The highest BCUT2D eigenvalue weighted by atomic mass is 32.2. The van der Waals surface area contributed by atoms with Crippen LogP contribution in [0.1, 0.15) is 25.0 Å². The Labute approximate surface area is 199 Å². The first-order valence-electron chi connectivity index (χ1n) is 10.8. The fourth-order valence-corrected chi connectivity index (χ4v) is 4.34. The molecular formula is C24H28N5O4S+. The number of carbonyl (C=O) groups is 2. The smallest absolute Gasteiger partial charge is 0.290 e. The van der Waals surface area contributed by atoms with E-state index >= 15 is 0 Å². The first kappa shape index (κ1) is 24.7. The van der Waals surface area contributed by atoms with E-state index in [4.69, 9.17) is 0 Å². The molecule has 0 bridgehead atoms. The van der Waals surface area contributed by atoms with Gasteiger partial charge >= 0.3 is 0 Å². The van der Waals surface area contributed by atoms with Gasteiger partial charge in [-0.2, -0.15) is 4.57 Å². The number of nitrogens with zero attached hydrogens (tertiary/aromatic N) is 1. The second-order valence-corrected chi connectivity index (χ2v) is 9.26. The van der Waals surface area contributed by atoms with Crippen LogP contribution in [-0.2, 0) is 39.0 Å². The molecule has 0 atom stereocenters. The molecule has 0 radical (unpaired) electrons. The summed E-state index contributed by atoms with van der Waals surface area (Å²) in [7, 11) is -3.81. The molecule has 3 rings (SSSR count). The van der Waals surface area contributed by atoms with Gasteiger partial charge in [0, 0.05) is 22.5 Å². The fourth-order valence-electron chi connectivity index (χ4n) is 3.29. The first-order chi connectivity index (χ1) is 16.3. The molecule has 10 heteroatoms. The van der Waals surface area contributed by atoms with Crippen molar-refractivity contribution in [2.75, 3.05) is 15.5 Å². The van der Waals surface area contributed by atoms with Gasteiger partial charge in [-0.05, 0) is 67.4 Å². The molecule has 178 valence electrons. The molecule has 0 aliphatic heterocycles. The number of benzene rings is 2. The molecule has 0 aliphatic rings. The summed E-state index contributed by atoms with van der Waals surface area (Å²) in [6.07, 6.45) is 6.19. The summed E-state index contributed by atoms with van der Waals surface area (Å²) in [4.78, 5) is 22.9. The van der Waals surface area contributed by atoms with Crippen LogP contribution in [0.5, 0.6) is 0 Å². The van der Waals surface area contributed by atoms with E-state index in [0.29, 0.717) is 23.5 Å². The highest BCUT2D eigenvalue weighted by Crippen LogP contribution is 2.20. The zero-order valence-electron chi connectivity index (χ0n) is 19.0. The summed E-state index contributed by atoms with van der Waals surface area (Å²) in [5.41, 5.74) is 8.73. The number of nitrogens with one attached hydrogen (secondary N) is 4. The van der Waals surface area contributed by atoms with E-state index in [1.807, 2.05) is 17.0 Å². The maximum absolute atomic E-state index is 12.7. The van der Waals surface area contributed by atoms with Crippen LogP contribution in [0.15, 0.2) is 71.9 Å². The van der Waals surface area contributed by atoms with Gasteiger partial charge in [-0.3, -0.25) is 25.2 Å². The van der Waals surface area contributed by atoms with Gasteiger partial charge in [-0.25, -0.2) is 8.42 Å². The number of hydrogen-bond acceptors (Lipinski definition) is 5. The SMILES string of the molecule is CCc1cc(CC)c[n+](CC(=O)Nc2ccc(S(=O)(=O)Nc3ccc(NNC=O)cc3)cc2)c1. The second kappa shape index (κ2) is 11.3. The van der Waals surface area contributed by atoms with Crippen molar-refractivity contribution in [3.8, 4) is 0 Å². The van der Waals surface area contributed by atoms with Crippen LogP contribution in [0.4, 0.5) is 17.1 Å². The van der Waals surface area contributed by atoms with Crippen molar-refractivity contribution in [3.05, 3.63) is 78.1 Å². The molecule has 0 spiro atoms. The predicted octanol–water partition coefficient (Wildman–Crippen LogP) is 2.61. The quantitative estimate of drug-likeness (QED) is 0.190. The van der Waals surface area contributed by atoms with Gasteiger partial charge < -0.3 is 5.32 Å². The van der Waals surface area contributed by atoms with Crippen molar-refractivity contribution in [1.29, 1.82) is 0 Å². The van der Waals surface area contributed by atoms with Gasteiger partial charge in [0.25, 0.3) is 15.9 Å². The molecule has 4 N–H and O–H groups in total. The standard InChI is InChI=1S/C24H27N5O4S/c1-3-18-13-19(4-2)15-29(14-18)16-24(31)26-20-9-11-23(12-10-20)34(32,33)28-22-7-5-21(6-8-22)27-25-17-30/h5-15,17,27-28H,3-4,16H2,1-2H3,(H-,25,26,30,31)/p+1. The van der Waals surface area contributed by atoms with Crippen LogP contribution in [0, 0.1) is 0 Å². The van der Waals surface area contributed by atoms with Gasteiger partial charge in [0.05, 0.1) is 10.6 Å². The van der Waals surface area contributed by atoms with Gasteiger partial charge in [-0.15, -0.1) is 0 Å². The molecule has 2 amide bonds. The summed E-state index contributed by atoms with van der Waals surface area (Å²) in [6.45, 7) is 4.31. The first-order valence-corrected chi connectivity index (χ1v) is 12.3. The molecular weight excluding hydrogens is 454 g/mol. The van der Waals surface area contributed by atoms with Crippen LogP contribution < -0.4 is 25.5 Å². The van der Waals surface area contributed by atoms with Crippen molar-refractivity contribution >= 4 is 39.4 Å². The lowest BCUT2D eigenvalue weighted by atomic mass is 10.1. The maximum Gasteiger partial charge on any atom is 0.290 e. The lowest BCUT2D eigenvalue weighted by Crippen LogP contribution is -2.40. The number of carbonyl (C=O) groups excluding carboxylic acids is 2. The summed E-state index contributed by atoms with van der Waals surface area (Å²) >= 11 is 0. The number of hydrazine groups is 1. The third-order valence-electron chi connectivity index (χ3n) is 5.04. The molecule has 3 aromatic rings. The Kier molecular flexibility index (Phi) is 8.20. The number of hydrogen-bond donors (Lipinski definition) is 4. The van der Waals surface area contributed by atoms with E-state index < -0.39 is 10.0 Å². The van der Waals surface area contributed by atoms with E-state index in [0.717, 1.165) is 24.0 Å².